The molecule has 714 valence electrons. The Morgan fingerprint density at radius 2 is 0.993 bits per heavy atom. The van der Waals surface area contributed by atoms with Crippen molar-refractivity contribution in [3.05, 3.63) is 372 Å². The molecule has 0 saturated carbocycles. The molecule has 2 N–H and O–H groups in total. The number of methoxy groups -OCH3 is 1. The zero-order chi connectivity index (χ0) is 98.7. The van der Waals surface area contributed by atoms with Crippen molar-refractivity contribution in [1.82, 2.24) is 80.0 Å². The van der Waals surface area contributed by atoms with Gasteiger partial charge in [-0.05, 0) is 232 Å². The number of allylic oxidation sites excluding steroid dienone is 1. The van der Waals surface area contributed by atoms with Crippen LogP contribution in [0.15, 0.2) is 298 Å². The van der Waals surface area contributed by atoms with Gasteiger partial charge in [0.05, 0.1) is 63.1 Å². The van der Waals surface area contributed by atoms with Crippen LogP contribution in [0.4, 0.5) is 20.1 Å². The predicted molar refractivity (Wildman–Crippen MR) is 544 cm³/mol. The van der Waals surface area contributed by atoms with E-state index in [0.717, 1.165) is 143 Å². The number of likely N-dealkylation sites (N-methyl/N-ethyl adjacent to an activating group) is 1. The van der Waals surface area contributed by atoms with Crippen molar-refractivity contribution in [3.63, 3.8) is 0 Å². The molecule has 16 rings (SSSR count). The van der Waals surface area contributed by atoms with E-state index in [0.29, 0.717) is 19.0 Å². The minimum absolute atomic E-state index is 0.0456. The number of carbonyl (C=O) groups excluding carboxylic acids is 5. The molecule has 4 aliphatic rings. The van der Waals surface area contributed by atoms with E-state index in [2.05, 4.69) is 211 Å². The number of hydrogen-bond donors (Lipinski definition) is 2. The molecule has 0 atom stereocenters. The molecule has 4 aliphatic heterocycles. The molecule has 7 amide bonds. The summed E-state index contributed by atoms with van der Waals surface area (Å²) in [5, 5.41) is 4.58. The van der Waals surface area contributed by atoms with Crippen LogP contribution >= 0.6 is 0 Å². The van der Waals surface area contributed by atoms with E-state index < -0.39 is 12.1 Å². The summed E-state index contributed by atoms with van der Waals surface area (Å²) >= 11 is 0. The van der Waals surface area contributed by atoms with E-state index in [-0.39, 0.29) is 48.2 Å². The lowest BCUT2D eigenvalue weighted by atomic mass is 9.79. The van der Waals surface area contributed by atoms with Gasteiger partial charge in [-0.3, -0.25) is 79.7 Å². The molecule has 137 heavy (non-hydrogen) atoms. The Labute approximate surface area is 809 Å². The first-order valence-electron chi connectivity index (χ1n) is 46.5. The van der Waals surface area contributed by atoms with Crippen LogP contribution in [-0.4, -0.2) is 190 Å². The summed E-state index contributed by atoms with van der Waals surface area (Å²) in [6.45, 7) is 34.7. The second-order valence-corrected chi connectivity index (χ2v) is 34.7. The number of para-hydroxylation sites is 1. The van der Waals surface area contributed by atoms with Crippen LogP contribution in [0.5, 0.6) is 0 Å². The molecule has 26 nitrogen and oxygen atoms in total. The number of imide groups is 2. The fourth-order valence-electron chi connectivity index (χ4n) is 14.6. The van der Waals surface area contributed by atoms with Crippen molar-refractivity contribution >= 4 is 60.0 Å². The minimum Gasteiger partial charge on any atom is -0.445 e. The van der Waals surface area contributed by atoms with Gasteiger partial charge in [-0.15, -0.1) is 0 Å². The third-order valence-electron chi connectivity index (χ3n) is 22.5. The zero-order valence-corrected chi connectivity index (χ0v) is 82.5. The molecule has 0 spiro atoms. The summed E-state index contributed by atoms with van der Waals surface area (Å²) in [4.78, 5) is 103. The molecular formula is C110H133BN17O9+. The lowest BCUT2D eigenvalue weighted by Gasteiger charge is -2.32. The highest BCUT2D eigenvalue weighted by atomic mass is 16.7. The van der Waals surface area contributed by atoms with Gasteiger partial charge in [0.2, 0.25) is 5.69 Å². The number of fused-ring (bicyclic) bond motifs is 1. The Kier molecular flexibility index (Phi) is 42.4. The number of amides is 7. The van der Waals surface area contributed by atoms with Gasteiger partial charge in [0.25, 0.3) is 11.8 Å². The van der Waals surface area contributed by atoms with Crippen LogP contribution in [0.3, 0.4) is 0 Å². The van der Waals surface area contributed by atoms with Crippen molar-refractivity contribution in [2.45, 2.75) is 171 Å². The molecule has 2 fully saturated rings. The molecule has 0 radical (unpaired) electrons. The predicted octanol–water partition coefficient (Wildman–Crippen LogP) is 19.5. The summed E-state index contributed by atoms with van der Waals surface area (Å²) in [6, 6.07) is 74.4. The van der Waals surface area contributed by atoms with Gasteiger partial charge >= 0.3 is 25.3 Å². The summed E-state index contributed by atoms with van der Waals surface area (Å²) in [6.07, 6.45) is 26.4. The normalized spacial score (nSPS) is 13.9. The number of aromatic nitrogens is 9. The average Bonchev–Trinajstić information content (AvgIpc) is 1.59. The summed E-state index contributed by atoms with van der Waals surface area (Å²) in [7, 11) is 8.13. The first-order valence-corrected chi connectivity index (χ1v) is 46.5. The van der Waals surface area contributed by atoms with Crippen molar-refractivity contribution in [2.24, 2.45) is 0 Å². The average molecular weight is 1850 g/mol. The van der Waals surface area contributed by atoms with Crippen molar-refractivity contribution < 1.29 is 47.3 Å². The number of nitrogens with one attached hydrogen (secondary N) is 2. The zero-order valence-electron chi connectivity index (χ0n) is 82.5. The number of unbranched alkanes of at least 4 members (excludes halogenated alkanes) is 3. The van der Waals surface area contributed by atoms with Gasteiger partial charge in [0, 0.05) is 176 Å². The Morgan fingerprint density at radius 3 is 1.45 bits per heavy atom. The maximum absolute atomic E-state index is 11.4. The van der Waals surface area contributed by atoms with E-state index in [1.54, 1.807) is 33.6 Å². The molecule has 0 aliphatic carbocycles. The van der Waals surface area contributed by atoms with Crippen LogP contribution in [0, 0.1) is 20.8 Å². The van der Waals surface area contributed by atoms with Crippen LogP contribution in [0.1, 0.15) is 168 Å². The molecular weight excluding hydrogens is 1710 g/mol. The molecule has 13 heterocycles. The minimum atomic E-state index is -0.529. The van der Waals surface area contributed by atoms with E-state index >= 15 is 0 Å². The third-order valence-corrected chi connectivity index (χ3v) is 22.5. The Bertz CT molecular complexity index is 5660. The van der Waals surface area contributed by atoms with E-state index in [4.69, 9.17) is 23.8 Å². The van der Waals surface area contributed by atoms with Gasteiger partial charge < -0.3 is 23.7 Å². The molecule has 0 unspecified atom stereocenters. The number of aryl methyl sites for hydroxylation is 3. The standard InChI is InChI=1S/C24H30N.C20H23N5.C18H17N3.C16H24BNO4.C16H13N3.C9H15N3O3.C5H5NO2.C2H6/c1-5-6-9-18-25-22-11-8-7-10-21(22)24(3,4)23(25)17-16-20-14-12-19(2)13-15-20;1-24(14-18-8-2-5-11-21-18)17-25(15-19-9-3-6-12-22-19)16-20-10-4-7-13-23-20;1-14-10-17(12-15-6-2-4-8-19-15)21-18(11-14)13-16-7-3-5-9-20-16;1-15(2)16(3,4)22-17(21-15)13-9-7-12(8-10-13)11-20-14(19)18(5)6;1-12-10-15(13-6-2-4-8-17-13)19-16(11-12)14-7-3-5-9-18-14;1-7-10-8(13)11-9(14)12(7)5-3-4-6-15-2;1-6-4(7)2-3-5(6)8;1-2/h7-8,10-17H,5-6,9,18H2,1-4H3;2-13H,14-17H2,1H3;2-11H,12-13H2,1H3;7-10H,11H2,1-6H3;2-11H,1H3;1,3-6H2,2H3,(H2,10,11,13,14);2-3H,1H3;1-2H3/q+1;;;;;;;/b17-16+;;;;;;;. The second kappa shape index (κ2) is 54.5. The van der Waals surface area contributed by atoms with Gasteiger partial charge in [-0.25, -0.2) is 19.4 Å². The maximum atomic E-state index is 11.4. The van der Waals surface area contributed by atoms with E-state index in [1.807, 2.05) is 218 Å². The molecule has 12 aromatic rings. The molecule has 27 heteroatoms. The Morgan fingerprint density at radius 1 is 0.518 bits per heavy atom. The van der Waals surface area contributed by atoms with Gasteiger partial charge in [-0.2, -0.15) is 4.58 Å². The first-order chi connectivity index (χ1) is 65.9. The summed E-state index contributed by atoms with van der Waals surface area (Å²) in [5.74, 6) is -0.161. The number of hydrogen-bond acceptors (Lipinski definition) is 20. The van der Waals surface area contributed by atoms with Crippen molar-refractivity contribution in [3.8, 4) is 22.8 Å². The number of nitrogens with zero attached hydrogens (tertiary/aromatic N) is 15. The Balaban J connectivity index is 0.000000181. The first kappa shape index (κ1) is 107. The second-order valence-electron chi connectivity index (χ2n) is 34.7. The number of benzene rings is 3. The van der Waals surface area contributed by atoms with Gasteiger partial charge in [-0.1, -0.05) is 149 Å². The lowest BCUT2D eigenvalue weighted by molar-refractivity contribution is -0.438. The number of ether oxygens (including phenoxy) is 2. The highest BCUT2D eigenvalue weighted by Crippen LogP contribution is 2.41. The lowest BCUT2D eigenvalue weighted by Crippen LogP contribution is -2.55. The molecule has 3 aromatic carbocycles. The van der Waals surface area contributed by atoms with Crippen LogP contribution in [0.25, 0.3) is 28.9 Å². The highest BCUT2D eigenvalue weighted by Gasteiger charge is 2.52. The summed E-state index contributed by atoms with van der Waals surface area (Å²) in [5.41, 5.74) is 21.3. The van der Waals surface area contributed by atoms with Crippen LogP contribution in [-0.2, 0) is 72.9 Å². The van der Waals surface area contributed by atoms with Gasteiger partial charge in [0.1, 0.15) is 19.0 Å². The number of urea groups is 2. The molecule has 9 aromatic heterocycles. The van der Waals surface area contributed by atoms with Crippen molar-refractivity contribution in [2.75, 3.05) is 61.7 Å². The third kappa shape index (κ3) is 34.3. The van der Waals surface area contributed by atoms with E-state index in [1.165, 1.54) is 81.9 Å². The highest BCUT2D eigenvalue weighted by molar-refractivity contribution is 6.62. The van der Waals surface area contributed by atoms with Crippen LogP contribution < -0.4 is 16.1 Å². The number of pyridine rings is 9. The SMILES string of the molecule is C=C1NC(=O)NC(=O)N1CCCCOC.CC.CCCCC[N+]1=C(/C=C/c2ccc(C)cc2)C(C)(C)c2ccccc21.CN(C)C(=O)OCc1ccc(B2OC(C)(C)C(C)(C)O2)cc1.CN(Cc1ccccn1)CN(Cc1ccccn1)Cc1ccccn1.CN1C(=O)C=CC1=O.Cc1cc(-c2ccccn2)nc(-c2ccccn2)c1.Cc1cc(Cc2ccccn2)nc(Cc2ccccn2)c1. The fourth-order valence-corrected chi connectivity index (χ4v) is 14.6. The monoisotopic (exact) mass is 1850 g/mol. The largest absolute Gasteiger partial charge is 0.494 e. The van der Waals surface area contributed by atoms with Crippen LogP contribution in [0.2, 0.25) is 0 Å². The van der Waals surface area contributed by atoms with Gasteiger partial charge in [0.15, 0.2) is 5.71 Å². The fraction of sp³-hybridized carbons (Fsp3) is 0.318. The quantitative estimate of drug-likeness (QED) is 0.0151. The maximum Gasteiger partial charge on any atom is 0.494 e. The van der Waals surface area contributed by atoms with E-state index in [9.17, 15) is 24.0 Å². The number of rotatable bonds is 28. The van der Waals surface area contributed by atoms with Crippen molar-refractivity contribution in [1.29, 1.82) is 0 Å². The topological polar surface area (TPSA) is 282 Å². The molecule has 0 bridgehead atoms. The molecule has 2 saturated heterocycles. The smallest absolute Gasteiger partial charge is 0.445 e. The summed E-state index contributed by atoms with van der Waals surface area (Å²) < 4.78 is 24.6. The Hall–Kier alpha value is -14.1. The number of carbonyl (C=O) groups is 5.